The van der Waals surface area contributed by atoms with Crippen molar-refractivity contribution in [2.75, 3.05) is 47.5 Å². The van der Waals surface area contributed by atoms with Crippen LogP contribution in [0.5, 0.6) is 0 Å². The average molecular weight is 1180 g/mol. The molecule has 10 heteroatoms. The molecule has 0 aliphatic carbocycles. The van der Waals surface area contributed by atoms with Crippen molar-refractivity contribution < 1.29 is 42.1 Å². The number of allylic oxidation sites excluding steroid dienone is 28. The van der Waals surface area contributed by atoms with Gasteiger partial charge in [-0.25, -0.2) is 0 Å². The lowest BCUT2D eigenvalue weighted by atomic mass is 10.0. The van der Waals surface area contributed by atoms with Gasteiger partial charge in [-0.2, -0.15) is 0 Å². The van der Waals surface area contributed by atoms with E-state index in [1.54, 1.807) is 0 Å². The molecule has 0 aromatic heterocycles. The number of hydrogen-bond acceptors (Lipinski definition) is 8. The van der Waals surface area contributed by atoms with Crippen molar-refractivity contribution in [1.29, 1.82) is 0 Å². The van der Waals surface area contributed by atoms with Crippen LogP contribution in [0.2, 0.25) is 0 Å². The van der Waals surface area contributed by atoms with Crippen LogP contribution in [0.1, 0.15) is 232 Å². The molecule has 0 bridgehead atoms. The maximum atomic E-state index is 12.8. The van der Waals surface area contributed by atoms with Gasteiger partial charge in [0.05, 0.1) is 27.7 Å². The number of hydrogen-bond donors (Lipinski definition) is 0. The number of esters is 2. The lowest BCUT2D eigenvalue weighted by Gasteiger charge is -2.28. The summed E-state index contributed by atoms with van der Waals surface area (Å²) in [4.78, 5) is 38.0. The number of ether oxygens (including phenoxy) is 2. The first kappa shape index (κ1) is 79.4. The molecule has 2 atom stereocenters. The predicted molar refractivity (Wildman–Crippen MR) is 360 cm³/mol. The Labute approximate surface area is 515 Å². The van der Waals surface area contributed by atoms with E-state index in [1.807, 2.05) is 27.2 Å². The van der Waals surface area contributed by atoms with Gasteiger partial charge in [0.1, 0.15) is 19.8 Å². The number of likely N-dealkylation sites (N-methyl/N-ethyl adjacent to an activating group) is 1. The molecule has 2 unspecified atom stereocenters. The summed E-state index contributed by atoms with van der Waals surface area (Å²) in [5, 5.41) is 0. The standard InChI is InChI=1S/C74H120NO8P/c1-6-8-10-12-14-16-18-20-22-24-26-28-30-32-34-36-37-39-40-42-44-46-48-50-52-54-56-58-60-62-64-66-73(76)80-70-72(71-82-84(78,79)81-69-68-75(3,4)5)83-74(77)67-65-63-61-59-57-55-53-51-49-47-45-43-41-38-35-33-31-29-27-25-23-21-19-17-15-13-11-9-7-2/h8-11,14-17,20-23,26-29,32-35,41,43,47,49,53,55,59,61,72H,6-7,12-13,18-19,24-25,30-31,36-40,42,44-46,48,50-52,54,56-58,60,62-71H2,1-5H3/b10-8-,11-9-,16-14-,17-15-,22-20-,23-21-,28-26-,29-27-,34-32-,35-33-,43-41-,49-47-,55-53-,61-59-. The third kappa shape index (κ3) is 66.5. The van der Waals surface area contributed by atoms with E-state index in [1.165, 1.54) is 77.0 Å². The van der Waals surface area contributed by atoms with Crippen LogP contribution in [0.3, 0.4) is 0 Å². The number of nitrogens with zero attached hydrogens (tertiary/aromatic N) is 1. The van der Waals surface area contributed by atoms with Crippen LogP contribution in [0.4, 0.5) is 0 Å². The van der Waals surface area contributed by atoms with Gasteiger partial charge < -0.3 is 27.9 Å². The van der Waals surface area contributed by atoms with Crippen molar-refractivity contribution in [2.45, 2.75) is 238 Å². The first-order valence-electron chi connectivity index (χ1n) is 32.8. The molecule has 0 radical (unpaired) electrons. The minimum atomic E-state index is -4.67. The summed E-state index contributed by atoms with van der Waals surface area (Å²) in [5.74, 6) is -0.913. The Morgan fingerprint density at radius 1 is 0.369 bits per heavy atom. The molecule has 0 saturated carbocycles. The first-order chi connectivity index (χ1) is 41.0. The normalized spacial score (nSPS) is 14.3. The third-order valence-corrected chi connectivity index (χ3v) is 14.2. The number of phosphoric ester groups is 1. The minimum absolute atomic E-state index is 0.0508. The molecule has 0 spiro atoms. The molecule has 0 heterocycles. The van der Waals surface area contributed by atoms with Crippen LogP contribution in [-0.2, 0) is 32.7 Å². The lowest BCUT2D eigenvalue weighted by Crippen LogP contribution is -2.37. The average Bonchev–Trinajstić information content (AvgIpc) is 3.61. The van der Waals surface area contributed by atoms with Gasteiger partial charge in [0, 0.05) is 12.8 Å². The number of unbranched alkanes of at least 4 members (excludes halogenated alkanes) is 16. The summed E-state index contributed by atoms with van der Waals surface area (Å²) in [7, 11) is 1.11. The van der Waals surface area contributed by atoms with Crippen molar-refractivity contribution in [3.8, 4) is 0 Å². The van der Waals surface area contributed by atoms with E-state index in [2.05, 4.69) is 178 Å². The number of quaternary nitrogens is 1. The largest absolute Gasteiger partial charge is 0.756 e. The van der Waals surface area contributed by atoms with Gasteiger partial charge >= 0.3 is 11.9 Å². The Hall–Kier alpha value is -4.63. The van der Waals surface area contributed by atoms with Crippen molar-refractivity contribution in [3.05, 3.63) is 170 Å². The molecule has 0 aromatic carbocycles. The molecule has 0 fully saturated rings. The molecule has 0 N–H and O–H groups in total. The summed E-state index contributed by atoms with van der Waals surface area (Å²) in [5.41, 5.74) is 0. The highest BCUT2D eigenvalue weighted by atomic mass is 31.2. The molecule has 0 aliphatic rings. The van der Waals surface area contributed by atoms with Crippen LogP contribution in [0.15, 0.2) is 170 Å². The molecule has 0 rings (SSSR count). The van der Waals surface area contributed by atoms with Gasteiger partial charge in [0.25, 0.3) is 7.82 Å². The van der Waals surface area contributed by atoms with E-state index in [9.17, 15) is 19.0 Å². The molecule has 474 valence electrons. The zero-order valence-corrected chi connectivity index (χ0v) is 54.7. The highest BCUT2D eigenvalue weighted by molar-refractivity contribution is 7.45. The van der Waals surface area contributed by atoms with Gasteiger partial charge in [0.15, 0.2) is 6.10 Å². The maximum Gasteiger partial charge on any atom is 0.306 e. The van der Waals surface area contributed by atoms with Crippen LogP contribution < -0.4 is 4.89 Å². The maximum absolute atomic E-state index is 12.8. The second-order valence-electron chi connectivity index (χ2n) is 22.4. The smallest absolute Gasteiger partial charge is 0.306 e. The van der Waals surface area contributed by atoms with E-state index in [0.29, 0.717) is 30.3 Å². The highest BCUT2D eigenvalue weighted by Gasteiger charge is 2.21. The van der Waals surface area contributed by atoms with E-state index < -0.39 is 32.5 Å². The number of carbonyl (C=O) groups is 2. The fourth-order valence-corrected chi connectivity index (χ4v) is 9.00. The Morgan fingerprint density at radius 3 is 0.988 bits per heavy atom. The van der Waals surface area contributed by atoms with Crippen LogP contribution >= 0.6 is 7.82 Å². The van der Waals surface area contributed by atoms with Gasteiger partial charge in [-0.05, 0) is 122 Å². The van der Waals surface area contributed by atoms with Crippen LogP contribution in [0, 0.1) is 0 Å². The Morgan fingerprint density at radius 2 is 0.655 bits per heavy atom. The molecule has 0 aromatic rings. The summed E-state index contributed by atoms with van der Waals surface area (Å²) in [6.45, 7) is 3.93. The zero-order valence-electron chi connectivity index (χ0n) is 53.8. The topological polar surface area (TPSA) is 111 Å². The highest BCUT2D eigenvalue weighted by Crippen LogP contribution is 2.38. The van der Waals surface area contributed by atoms with Crippen molar-refractivity contribution in [2.24, 2.45) is 0 Å². The fourth-order valence-electron chi connectivity index (χ4n) is 8.27. The van der Waals surface area contributed by atoms with E-state index in [-0.39, 0.29) is 26.1 Å². The zero-order chi connectivity index (χ0) is 61.2. The summed E-state index contributed by atoms with van der Waals surface area (Å²) in [6.07, 6.45) is 95.7. The quantitative estimate of drug-likeness (QED) is 0.0195. The van der Waals surface area contributed by atoms with Crippen molar-refractivity contribution >= 4 is 19.8 Å². The number of carbonyl (C=O) groups excluding carboxylic acids is 2. The fraction of sp³-hybridized carbons (Fsp3) is 0.595. The predicted octanol–water partition coefficient (Wildman–Crippen LogP) is 20.7. The van der Waals surface area contributed by atoms with E-state index in [4.69, 9.17) is 18.5 Å². The van der Waals surface area contributed by atoms with Crippen LogP contribution in [-0.4, -0.2) is 70.0 Å². The lowest BCUT2D eigenvalue weighted by molar-refractivity contribution is -0.870. The molecule has 0 saturated heterocycles. The molecule has 0 amide bonds. The number of phosphoric acid groups is 1. The number of rotatable bonds is 58. The Kier molecular flexibility index (Phi) is 59.4. The minimum Gasteiger partial charge on any atom is -0.756 e. The molecule has 9 nitrogen and oxygen atoms in total. The van der Waals surface area contributed by atoms with Crippen LogP contribution in [0.25, 0.3) is 0 Å². The Balaban J connectivity index is 4.22. The van der Waals surface area contributed by atoms with Crippen molar-refractivity contribution in [1.82, 2.24) is 0 Å². The molecular formula is C74H120NO8P. The van der Waals surface area contributed by atoms with Crippen molar-refractivity contribution in [3.63, 3.8) is 0 Å². The van der Waals surface area contributed by atoms with Gasteiger partial charge in [-0.1, -0.05) is 267 Å². The molecular weight excluding hydrogens is 1060 g/mol. The second kappa shape index (κ2) is 62.9. The molecule has 0 aliphatic heterocycles. The Bertz CT molecular complexity index is 2020. The SMILES string of the molecule is CC/C=C\C/C=C\C/C=C\C/C=C\C/C=C\C/C=C\C/C=C\C/C=C\C/C=C\CCCC(=O)OC(COC(=O)CCCCCCCCCCCCCCCCC/C=C\C/C=C\C/C=C\C/C=C\C/C=C\CC)COP(=O)([O-])OCC[N+](C)(C)C. The van der Waals surface area contributed by atoms with Gasteiger partial charge in [0.2, 0.25) is 0 Å². The summed E-state index contributed by atoms with van der Waals surface area (Å²) in [6, 6.07) is 0. The van der Waals surface area contributed by atoms with Gasteiger partial charge in [-0.3, -0.25) is 14.2 Å². The second-order valence-corrected chi connectivity index (χ2v) is 23.8. The monoisotopic (exact) mass is 1180 g/mol. The summed E-state index contributed by atoms with van der Waals surface area (Å²) >= 11 is 0. The van der Waals surface area contributed by atoms with Gasteiger partial charge in [-0.15, -0.1) is 0 Å². The molecule has 84 heavy (non-hydrogen) atoms. The summed E-state index contributed by atoms with van der Waals surface area (Å²) < 4.78 is 34.2. The van der Waals surface area contributed by atoms with E-state index >= 15 is 0 Å². The first-order valence-corrected chi connectivity index (χ1v) is 34.3. The third-order valence-electron chi connectivity index (χ3n) is 13.2. The van der Waals surface area contributed by atoms with E-state index in [0.717, 1.165) is 109 Å².